The predicted molar refractivity (Wildman–Crippen MR) is 129 cm³/mol. The number of aliphatic hydroxyl groups is 1. The van der Waals surface area contributed by atoms with Crippen LogP contribution in [0.5, 0.6) is 0 Å². The lowest BCUT2D eigenvalue weighted by Gasteiger charge is -2.57. The van der Waals surface area contributed by atoms with Crippen LogP contribution in [0.25, 0.3) is 0 Å². The van der Waals surface area contributed by atoms with E-state index in [1.807, 2.05) is 35.2 Å². The van der Waals surface area contributed by atoms with Crippen molar-refractivity contribution in [3.63, 3.8) is 0 Å². The summed E-state index contributed by atoms with van der Waals surface area (Å²) in [6.45, 7) is 6.69. The topological polar surface area (TPSA) is 55.8 Å². The van der Waals surface area contributed by atoms with Crippen LogP contribution in [-0.4, -0.2) is 59.3 Å². The monoisotopic (exact) mass is 431 g/mol. The van der Waals surface area contributed by atoms with E-state index in [4.69, 9.17) is 0 Å². The number of carbonyl (C=O) groups is 1. The highest BCUT2D eigenvalue weighted by molar-refractivity contribution is 5.89. The normalized spacial score (nSPS) is 23.2. The Kier molecular flexibility index (Phi) is 7.14. The fraction of sp³-hybridized carbons (Fsp3) is 0.444. The van der Waals surface area contributed by atoms with Gasteiger partial charge in [0.15, 0.2) is 0 Å². The molecule has 2 N–H and O–H groups in total. The van der Waals surface area contributed by atoms with E-state index in [9.17, 15) is 9.90 Å². The Hall–Kier alpha value is -2.81. The van der Waals surface area contributed by atoms with Crippen molar-refractivity contribution in [3.05, 3.63) is 65.7 Å². The first-order valence-electron chi connectivity index (χ1n) is 11.7. The number of urea groups is 1. The highest BCUT2D eigenvalue weighted by Crippen LogP contribution is 2.42. The molecule has 2 aromatic rings. The number of anilines is 1. The zero-order valence-electron chi connectivity index (χ0n) is 19.0. The van der Waals surface area contributed by atoms with Crippen LogP contribution in [-0.2, 0) is 0 Å². The molecule has 2 fully saturated rings. The van der Waals surface area contributed by atoms with Crippen molar-refractivity contribution < 1.29 is 9.90 Å². The summed E-state index contributed by atoms with van der Waals surface area (Å²) in [7, 11) is 0. The number of para-hydroxylation sites is 1. The van der Waals surface area contributed by atoms with Gasteiger partial charge in [0, 0.05) is 48.3 Å². The molecule has 2 amide bonds. The Bertz CT molecular complexity index is 962. The summed E-state index contributed by atoms with van der Waals surface area (Å²) < 4.78 is 0. The molecule has 0 spiro atoms. The summed E-state index contributed by atoms with van der Waals surface area (Å²) in [5.74, 6) is 6.98. The SMILES string of the molecule is CC(C)C#Cc1ccc([C@@H]2[C@@H](CO)N3CCCCN(C(=O)Nc4ccccc4)C[C@H]23)cc1. The van der Waals surface area contributed by atoms with Gasteiger partial charge in [-0.05, 0) is 49.2 Å². The van der Waals surface area contributed by atoms with Crippen LogP contribution in [0.15, 0.2) is 54.6 Å². The minimum atomic E-state index is -0.0523. The summed E-state index contributed by atoms with van der Waals surface area (Å²) in [4.78, 5) is 17.3. The molecule has 2 aliphatic heterocycles. The highest BCUT2D eigenvalue weighted by Gasteiger charge is 2.49. The largest absolute Gasteiger partial charge is 0.395 e. The number of aliphatic hydroxyl groups excluding tert-OH is 1. The fourth-order valence-corrected chi connectivity index (χ4v) is 4.87. The van der Waals surface area contributed by atoms with Gasteiger partial charge in [-0.2, -0.15) is 0 Å². The lowest BCUT2D eigenvalue weighted by Crippen LogP contribution is -2.68. The van der Waals surface area contributed by atoms with E-state index in [-0.39, 0.29) is 30.6 Å². The van der Waals surface area contributed by atoms with Crippen LogP contribution < -0.4 is 5.32 Å². The van der Waals surface area contributed by atoms with Gasteiger partial charge < -0.3 is 15.3 Å². The van der Waals surface area contributed by atoms with Gasteiger partial charge in [-0.15, -0.1) is 0 Å². The molecule has 0 unspecified atom stereocenters. The van der Waals surface area contributed by atoms with Crippen LogP contribution in [0.2, 0.25) is 0 Å². The maximum atomic E-state index is 13.0. The van der Waals surface area contributed by atoms with Crippen LogP contribution in [0.4, 0.5) is 10.5 Å². The average Bonchev–Trinajstić information content (AvgIpc) is 2.78. The van der Waals surface area contributed by atoms with Gasteiger partial charge in [0.25, 0.3) is 0 Å². The molecule has 0 aromatic heterocycles. The molecule has 5 heteroatoms. The van der Waals surface area contributed by atoms with Crippen molar-refractivity contribution in [1.29, 1.82) is 0 Å². The Morgan fingerprint density at radius 1 is 1.09 bits per heavy atom. The molecule has 2 aliphatic rings. The molecule has 168 valence electrons. The fourth-order valence-electron chi connectivity index (χ4n) is 4.87. The third-order valence-corrected chi connectivity index (χ3v) is 6.48. The zero-order chi connectivity index (χ0) is 22.5. The third kappa shape index (κ3) is 4.98. The Morgan fingerprint density at radius 3 is 2.50 bits per heavy atom. The van der Waals surface area contributed by atoms with Gasteiger partial charge in [0.1, 0.15) is 0 Å². The van der Waals surface area contributed by atoms with Gasteiger partial charge >= 0.3 is 6.03 Å². The van der Waals surface area contributed by atoms with Gasteiger partial charge in [-0.3, -0.25) is 4.90 Å². The molecule has 2 saturated heterocycles. The number of fused-ring (bicyclic) bond motifs is 1. The van der Waals surface area contributed by atoms with Crippen molar-refractivity contribution in [2.45, 2.75) is 44.7 Å². The highest BCUT2D eigenvalue weighted by atomic mass is 16.3. The van der Waals surface area contributed by atoms with Crippen molar-refractivity contribution in [2.75, 3.05) is 31.6 Å². The Labute approximate surface area is 191 Å². The van der Waals surface area contributed by atoms with Crippen LogP contribution in [0.1, 0.15) is 43.7 Å². The van der Waals surface area contributed by atoms with E-state index in [2.05, 4.69) is 60.2 Å². The first-order valence-corrected chi connectivity index (χ1v) is 11.7. The number of hydrogen-bond acceptors (Lipinski definition) is 3. The maximum Gasteiger partial charge on any atom is 0.321 e. The Morgan fingerprint density at radius 2 is 1.81 bits per heavy atom. The standard InChI is InChI=1S/C27H33N3O2/c1-20(2)10-11-21-12-14-22(15-13-21)26-24-18-29(16-6-7-17-30(24)25(26)19-31)27(32)28-23-8-4-3-5-9-23/h3-5,8-9,12-15,20,24-26,31H,6-7,16-19H2,1-2H3,(H,28,32)/t24-,25-,26+/m1/s1. The summed E-state index contributed by atoms with van der Waals surface area (Å²) in [6.07, 6.45) is 2.00. The van der Waals surface area contributed by atoms with Crippen LogP contribution >= 0.6 is 0 Å². The van der Waals surface area contributed by atoms with E-state index in [0.717, 1.165) is 37.2 Å². The first kappa shape index (κ1) is 22.4. The zero-order valence-corrected chi connectivity index (χ0v) is 19.0. The molecule has 2 heterocycles. The van der Waals surface area contributed by atoms with Crippen LogP contribution in [0, 0.1) is 17.8 Å². The number of nitrogens with one attached hydrogen (secondary N) is 1. The van der Waals surface area contributed by atoms with Gasteiger partial charge in [-0.25, -0.2) is 4.79 Å². The molecule has 2 aromatic carbocycles. The number of hydrogen-bond donors (Lipinski definition) is 2. The van der Waals surface area contributed by atoms with E-state index in [1.165, 1.54) is 5.56 Å². The van der Waals surface area contributed by atoms with E-state index in [1.54, 1.807) is 0 Å². The number of rotatable bonds is 3. The maximum absolute atomic E-state index is 13.0. The molecule has 5 nitrogen and oxygen atoms in total. The minimum absolute atomic E-state index is 0.0523. The third-order valence-electron chi connectivity index (χ3n) is 6.48. The van der Waals surface area contributed by atoms with Gasteiger partial charge in [0.2, 0.25) is 0 Å². The lowest BCUT2D eigenvalue weighted by atomic mass is 9.74. The molecule has 0 aliphatic carbocycles. The second-order valence-electron chi connectivity index (χ2n) is 9.08. The summed E-state index contributed by atoms with van der Waals surface area (Å²) in [5.41, 5.74) is 3.04. The molecular formula is C27H33N3O2. The molecule has 3 atom stereocenters. The van der Waals surface area contributed by atoms with Gasteiger partial charge in [-0.1, -0.05) is 56.0 Å². The van der Waals surface area contributed by atoms with Crippen molar-refractivity contribution in [3.8, 4) is 11.8 Å². The van der Waals surface area contributed by atoms with E-state index < -0.39 is 0 Å². The molecule has 0 bridgehead atoms. The number of benzene rings is 2. The van der Waals surface area contributed by atoms with Crippen molar-refractivity contribution in [1.82, 2.24) is 9.80 Å². The average molecular weight is 432 g/mol. The quantitative estimate of drug-likeness (QED) is 0.718. The first-order chi connectivity index (χ1) is 15.6. The Balaban J connectivity index is 1.51. The van der Waals surface area contributed by atoms with Crippen molar-refractivity contribution >= 4 is 11.7 Å². The number of nitrogens with zero attached hydrogens (tertiary/aromatic N) is 2. The van der Waals surface area contributed by atoms with E-state index >= 15 is 0 Å². The number of carbonyl (C=O) groups excluding carboxylic acids is 1. The van der Waals surface area contributed by atoms with Crippen molar-refractivity contribution in [2.24, 2.45) is 5.92 Å². The number of amides is 2. The summed E-state index contributed by atoms with van der Waals surface area (Å²) in [6, 6.07) is 18.3. The minimum Gasteiger partial charge on any atom is -0.395 e. The van der Waals surface area contributed by atoms with Crippen LogP contribution in [0.3, 0.4) is 0 Å². The lowest BCUT2D eigenvalue weighted by molar-refractivity contribution is -0.0585. The smallest absolute Gasteiger partial charge is 0.321 e. The second kappa shape index (κ2) is 10.2. The molecule has 0 radical (unpaired) electrons. The molecular weight excluding hydrogens is 398 g/mol. The summed E-state index contributed by atoms with van der Waals surface area (Å²) >= 11 is 0. The molecule has 0 saturated carbocycles. The predicted octanol–water partition coefficient (Wildman–Crippen LogP) is 4.15. The second-order valence-corrected chi connectivity index (χ2v) is 9.08. The summed E-state index contributed by atoms with van der Waals surface area (Å²) in [5, 5.41) is 13.2. The van der Waals surface area contributed by atoms with Gasteiger partial charge in [0.05, 0.1) is 6.61 Å². The molecule has 32 heavy (non-hydrogen) atoms. The van der Waals surface area contributed by atoms with E-state index in [0.29, 0.717) is 12.5 Å². The molecule has 4 rings (SSSR count).